The minimum Gasteiger partial charge on any atom is -0.441 e. The van der Waals surface area contributed by atoms with E-state index in [2.05, 4.69) is 9.97 Å². The van der Waals surface area contributed by atoms with Crippen molar-refractivity contribution in [2.24, 2.45) is 0 Å². The number of aromatic nitrogens is 2. The lowest BCUT2D eigenvalue weighted by Gasteiger charge is -1.92. The van der Waals surface area contributed by atoms with Gasteiger partial charge in [0.25, 0.3) is 0 Å². The average Bonchev–Trinajstić information content (AvgIpc) is 3.11. The van der Waals surface area contributed by atoms with E-state index in [1.807, 2.05) is 62.4 Å². The van der Waals surface area contributed by atoms with Gasteiger partial charge in [0.2, 0.25) is 11.8 Å². The summed E-state index contributed by atoms with van der Waals surface area (Å²) < 4.78 is 11.6. The second kappa shape index (κ2) is 5.39. The zero-order valence-electron chi connectivity index (χ0n) is 13.0. The molecule has 0 atom stereocenters. The highest BCUT2D eigenvalue weighted by Gasteiger charge is 2.15. The third kappa shape index (κ3) is 2.63. The average molecular weight is 304 g/mol. The van der Waals surface area contributed by atoms with Crippen LogP contribution in [0.3, 0.4) is 0 Å². The number of oxazole rings is 2. The second-order valence-electron chi connectivity index (χ2n) is 5.64. The van der Waals surface area contributed by atoms with Crippen molar-refractivity contribution in [3.05, 3.63) is 71.4 Å². The van der Waals surface area contributed by atoms with Gasteiger partial charge in [-0.3, -0.25) is 0 Å². The Hall–Kier alpha value is -2.88. The van der Waals surface area contributed by atoms with Gasteiger partial charge in [0.05, 0.1) is 12.1 Å². The van der Waals surface area contributed by atoms with Crippen LogP contribution in [0.1, 0.15) is 22.9 Å². The van der Waals surface area contributed by atoms with Gasteiger partial charge in [0.15, 0.2) is 5.58 Å². The van der Waals surface area contributed by atoms with Crippen LogP contribution in [0.15, 0.2) is 57.4 Å². The summed E-state index contributed by atoms with van der Waals surface area (Å²) in [5.74, 6) is 2.08. The highest BCUT2D eigenvalue weighted by atomic mass is 16.4. The van der Waals surface area contributed by atoms with Gasteiger partial charge in [-0.1, -0.05) is 24.3 Å². The van der Waals surface area contributed by atoms with Crippen molar-refractivity contribution >= 4 is 11.1 Å². The van der Waals surface area contributed by atoms with Crippen LogP contribution in [-0.4, -0.2) is 9.97 Å². The summed E-state index contributed by atoms with van der Waals surface area (Å²) in [7, 11) is 0. The molecule has 0 aliphatic rings. The van der Waals surface area contributed by atoms with E-state index in [1.165, 1.54) is 5.56 Å². The fourth-order valence-corrected chi connectivity index (χ4v) is 2.60. The van der Waals surface area contributed by atoms with Gasteiger partial charge in [0, 0.05) is 5.56 Å². The van der Waals surface area contributed by atoms with Gasteiger partial charge in [-0.05, 0) is 43.7 Å². The van der Waals surface area contributed by atoms with E-state index in [9.17, 15) is 0 Å². The first-order valence-corrected chi connectivity index (χ1v) is 7.57. The zero-order chi connectivity index (χ0) is 15.8. The molecular weight excluding hydrogens is 288 g/mol. The monoisotopic (exact) mass is 304 g/mol. The predicted molar refractivity (Wildman–Crippen MR) is 88.2 cm³/mol. The van der Waals surface area contributed by atoms with Crippen LogP contribution in [0.25, 0.3) is 22.6 Å². The summed E-state index contributed by atoms with van der Waals surface area (Å²) >= 11 is 0. The van der Waals surface area contributed by atoms with E-state index in [0.717, 1.165) is 28.1 Å². The van der Waals surface area contributed by atoms with E-state index in [0.29, 0.717) is 18.2 Å². The van der Waals surface area contributed by atoms with Gasteiger partial charge in [0.1, 0.15) is 11.3 Å². The Morgan fingerprint density at radius 3 is 2.57 bits per heavy atom. The number of nitrogens with zero attached hydrogens (tertiary/aromatic N) is 2. The first-order chi connectivity index (χ1) is 11.2. The molecule has 4 rings (SSSR count). The van der Waals surface area contributed by atoms with E-state index in [4.69, 9.17) is 8.83 Å². The smallest absolute Gasteiger partial charge is 0.226 e. The molecule has 4 aromatic rings. The van der Waals surface area contributed by atoms with Gasteiger partial charge in [-0.15, -0.1) is 0 Å². The lowest BCUT2D eigenvalue weighted by atomic mass is 10.2. The molecule has 0 aliphatic carbocycles. The summed E-state index contributed by atoms with van der Waals surface area (Å²) in [6.07, 6.45) is 0.524. The Labute approximate surface area is 133 Å². The maximum Gasteiger partial charge on any atom is 0.226 e. The minimum absolute atomic E-state index is 0.524. The van der Waals surface area contributed by atoms with Gasteiger partial charge in [-0.2, -0.15) is 0 Å². The maximum absolute atomic E-state index is 5.80. The Balaban J connectivity index is 1.66. The molecule has 23 heavy (non-hydrogen) atoms. The Bertz CT molecular complexity index is 968. The number of aryl methyl sites for hydroxylation is 2. The second-order valence-corrected chi connectivity index (χ2v) is 5.64. The number of hydrogen-bond donors (Lipinski definition) is 0. The Kier molecular flexibility index (Phi) is 3.23. The highest BCUT2D eigenvalue weighted by molar-refractivity contribution is 5.73. The van der Waals surface area contributed by atoms with Crippen molar-refractivity contribution < 1.29 is 8.83 Å². The molecule has 2 aromatic carbocycles. The van der Waals surface area contributed by atoms with Crippen molar-refractivity contribution in [2.45, 2.75) is 20.3 Å². The molecule has 4 nitrogen and oxygen atoms in total. The number of fused-ring (bicyclic) bond motifs is 1. The van der Waals surface area contributed by atoms with Gasteiger partial charge >= 0.3 is 0 Å². The first kappa shape index (κ1) is 13.8. The van der Waals surface area contributed by atoms with Crippen LogP contribution in [0.5, 0.6) is 0 Å². The fraction of sp³-hybridized carbons (Fsp3) is 0.158. The number of benzene rings is 2. The molecule has 0 N–H and O–H groups in total. The molecule has 0 amide bonds. The largest absolute Gasteiger partial charge is 0.441 e. The van der Waals surface area contributed by atoms with Crippen LogP contribution in [0.4, 0.5) is 0 Å². The number of hydrogen-bond acceptors (Lipinski definition) is 4. The number of rotatable bonds is 3. The molecule has 0 unspecified atom stereocenters. The summed E-state index contributed by atoms with van der Waals surface area (Å²) in [5.41, 5.74) is 4.67. The quantitative estimate of drug-likeness (QED) is 0.551. The molecule has 0 spiro atoms. The summed E-state index contributed by atoms with van der Waals surface area (Å²) in [5, 5.41) is 0. The standard InChI is InChI=1S/C19H16N2O2/c1-12-8-9-17-16(10-12)20-18(23-17)11-15-13(2)22-19(21-15)14-6-4-3-5-7-14/h3-10H,11H2,1-2H3. The molecule has 0 aliphatic heterocycles. The van der Waals surface area contributed by atoms with E-state index in [1.54, 1.807) is 0 Å². The molecule has 0 saturated carbocycles. The molecule has 114 valence electrons. The molecule has 0 fully saturated rings. The van der Waals surface area contributed by atoms with Crippen LogP contribution in [0, 0.1) is 13.8 Å². The predicted octanol–water partition coefficient (Wildman–Crippen LogP) is 4.69. The van der Waals surface area contributed by atoms with Gasteiger partial charge in [-0.25, -0.2) is 9.97 Å². The summed E-state index contributed by atoms with van der Waals surface area (Å²) in [6, 6.07) is 15.9. The highest BCUT2D eigenvalue weighted by Crippen LogP contribution is 2.24. The third-order valence-corrected chi connectivity index (χ3v) is 3.82. The molecule has 0 bridgehead atoms. The third-order valence-electron chi connectivity index (χ3n) is 3.82. The fourth-order valence-electron chi connectivity index (χ4n) is 2.60. The van der Waals surface area contributed by atoms with Crippen LogP contribution < -0.4 is 0 Å². The summed E-state index contributed by atoms with van der Waals surface area (Å²) in [6.45, 7) is 3.96. The maximum atomic E-state index is 5.80. The van der Waals surface area contributed by atoms with Crippen molar-refractivity contribution in [2.75, 3.05) is 0 Å². The van der Waals surface area contributed by atoms with E-state index >= 15 is 0 Å². The zero-order valence-corrected chi connectivity index (χ0v) is 13.0. The molecular formula is C19H16N2O2. The molecule has 0 saturated heterocycles. The SMILES string of the molecule is Cc1ccc2oc(Cc3nc(-c4ccccc4)oc3C)nc2c1. The van der Waals surface area contributed by atoms with E-state index in [-0.39, 0.29) is 0 Å². The molecule has 2 heterocycles. The first-order valence-electron chi connectivity index (χ1n) is 7.57. The molecule has 2 aromatic heterocycles. The Morgan fingerprint density at radius 1 is 0.913 bits per heavy atom. The van der Waals surface area contributed by atoms with Crippen molar-refractivity contribution in [1.29, 1.82) is 0 Å². The van der Waals surface area contributed by atoms with Crippen LogP contribution >= 0.6 is 0 Å². The minimum atomic E-state index is 0.524. The molecule has 0 radical (unpaired) electrons. The van der Waals surface area contributed by atoms with Crippen molar-refractivity contribution in [3.8, 4) is 11.5 Å². The topological polar surface area (TPSA) is 52.1 Å². The van der Waals surface area contributed by atoms with Crippen molar-refractivity contribution in [3.63, 3.8) is 0 Å². The van der Waals surface area contributed by atoms with E-state index < -0.39 is 0 Å². The normalized spacial score (nSPS) is 11.2. The summed E-state index contributed by atoms with van der Waals surface area (Å²) in [4.78, 5) is 9.14. The van der Waals surface area contributed by atoms with Crippen LogP contribution in [-0.2, 0) is 6.42 Å². The molecule has 4 heteroatoms. The van der Waals surface area contributed by atoms with Crippen molar-refractivity contribution in [1.82, 2.24) is 9.97 Å². The Morgan fingerprint density at radius 2 is 1.74 bits per heavy atom. The van der Waals surface area contributed by atoms with Gasteiger partial charge < -0.3 is 8.83 Å². The lowest BCUT2D eigenvalue weighted by Crippen LogP contribution is -1.91. The van der Waals surface area contributed by atoms with Crippen LogP contribution in [0.2, 0.25) is 0 Å². The lowest BCUT2D eigenvalue weighted by molar-refractivity contribution is 0.527.